The predicted octanol–water partition coefficient (Wildman–Crippen LogP) is 2.27. The molecule has 0 radical (unpaired) electrons. The second-order valence-corrected chi connectivity index (χ2v) is 3.40. The van der Waals surface area contributed by atoms with E-state index in [4.69, 9.17) is 16.3 Å². The first-order valence-electron chi connectivity index (χ1n) is 4.58. The Morgan fingerprint density at radius 3 is 2.88 bits per heavy atom. The third kappa shape index (κ3) is 3.86. The molecule has 16 heavy (non-hydrogen) atoms. The number of non-ortho nitro benzene ring substituents is 1. The number of nitrogens with zero attached hydrogens (tertiary/aromatic N) is 1. The van der Waals surface area contributed by atoms with Crippen molar-refractivity contribution in [1.82, 2.24) is 0 Å². The second-order valence-electron chi connectivity index (χ2n) is 3.03. The number of ether oxygens (including phenoxy) is 1. The second kappa shape index (κ2) is 6.07. The molecule has 6 heteroatoms. The summed E-state index contributed by atoms with van der Waals surface area (Å²) in [5.41, 5.74) is 0.558. The number of benzene rings is 1. The lowest BCUT2D eigenvalue weighted by Gasteiger charge is -2.03. The highest BCUT2D eigenvalue weighted by Crippen LogP contribution is 2.13. The van der Waals surface area contributed by atoms with Crippen LogP contribution in [0.1, 0.15) is 12.0 Å². The third-order valence-corrected chi connectivity index (χ3v) is 2.01. The van der Waals surface area contributed by atoms with E-state index in [1.54, 1.807) is 12.1 Å². The van der Waals surface area contributed by atoms with Crippen LogP contribution in [0.3, 0.4) is 0 Å². The normalized spacial score (nSPS) is 9.81. The van der Waals surface area contributed by atoms with Crippen LogP contribution < -0.4 is 0 Å². The molecule has 0 aromatic heterocycles. The summed E-state index contributed by atoms with van der Waals surface area (Å²) in [6.45, 7) is 0.0252. The zero-order valence-electron chi connectivity index (χ0n) is 8.39. The van der Waals surface area contributed by atoms with Gasteiger partial charge in [-0.1, -0.05) is 12.1 Å². The van der Waals surface area contributed by atoms with Crippen LogP contribution in [0.25, 0.3) is 0 Å². The van der Waals surface area contributed by atoms with E-state index >= 15 is 0 Å². The maximum Gasteiger partial charge on any atom is 0.307 e. The van der Waals surface area contributed by atoms with E-state index in [1.165, 1.54) is 12.1 Å². The molecule has 5 nitrogen and oxygen atoms in total. The Labute approximate surface area is 97.1 Å². The fourth-order valence-electron chi connectivity index (χ4n) is 1.07. The van der Waals surface area contributed by atoms with Gasteiger partial charge in [-0.3, -0.25) is 14.9 Å². The number of nitro benzene ring substituents is 1. The minimum Gasteiger partial charge on any atom is -0.461 e. The number of carbonyl (C=O) groups is 1. The number of nitro groups is 1. The van der Waals surface area contributed by atoms with Gasteiger partial charge in [0.05, 0.1) is 11.3 Å². The van der Waals surface area contributed by atoms with Crippen molar-refractivity contribution < 1.29 is 14.5 Å². The topological polar surface area (TPSA) is 69.4 Å². The van der Waals surface area contributed by atoms with Crippen molar-refractivity contribution in [3.8, 4) is 0 Å². The van der Waals surface area contributed by atoms with Crippen LogP contribution in [0.15, 0.2) is 24.3 Å². The van der Waals surface area contributed by atoms with Crippen LogP contribution in [0, 0.1) is 10.1 Å². The van der Waals surface area contributed by atoms with Crippen molar-refractivity contribution in [3.63, 3.8) is 0 Å². The number of rotatable bonds is 5. The molecule has 1 aromatic carbocycles. The summed E-state index contributed by atoms with van der Waals surface area (Å²) in [5.74, 6) is -0.213. The minimum atomic E-state index is -0.496. The van der Waals surface area contributed by atoms with Gasteiger partial charge in [0.1, 0.15) is 6.61 Å². The number of alkyl halides is 1. The van der Waals surface area contributed by atoms with E-state index in [0.29, 0.717) is 5.56 Å². The van der Waals surface area contributed by atoms with Gasteiger partial charge in [0, 0.05) is 18.0 Å². The van der Waals surface area contributed by atoms with Crippen molar-refractivity contribution in [2.45, 2.75) is 13.0 Å². The Kier molecular flexibility index (Phi) is 4.72. The van der Waals surface area contributed by atoms with Gasteiger partial charge in [-0.25, -0.2) is 0 Å². The van der Waals surface area contributed by atoms with E-state index in [0.717, 1.165) is 0 Å². The standard InChI is InChI=1S/C10H10ClNO4/c11-5-4-10(13)16-7-8-2-1-3-9(6-8)12(14)15/h1-3,6H,4-5,7H2. The van der Waals surface area contributed by atoms with E-state index in [-0.39, 0.29) is 24.6 Å². The summed E-state index contributed by atoms with van der Waals surface area (Å²) in [4.78, 5) is 21.0. The summed E-state index contributed by atoms with van der Waals surface area (Å²) < 4.78 is 4.86. The lowest BCUT2D eigenvalue weighted by atomic mass is 10.2. The molecule has 0 unspecified atom stereocenters. The van der Waals surface area contributed by atoms with Gasteiger partial charge in [-0.2, -0.15) is 0 Å². The van der Waals surface area contributed by atoms with Crippen LogP contribution in [0.5, 0.6) is 0 Å². The molecule has 0 N–H and O–H groups in total. The van der Waals surface area contributed by atoms with Gasteiger partial charge in [0.2, 0.25) is 0 Å². The fraction of sp³-hybridized carbons (Fsp3) is 0.300. The first-order valence-corrected chi connectivity index (χ1v) is 5.12. The van der Waals surface area contributed by atoms with Gasteiger partial charge in [-0.15, -0.1) is 11.6 Å². The first kappa shape index (κ1) is 12.4. The quantitative estimate of drug-likeness (QED) is 0.344. The molecule has 86 valence electrons. The summed E-state index contributed by atoms with van der Waals surface area (Å²) in [6.07, 6.45) is 0.135. The van der Waals surface area contributed by atoms with E-state index in [2.05, 4.69) is 0 Å². The molecule has 0 aliphatic heterocycles. The number of carbonyl (C=O) groups excluding carboxylic acids is 1. The molecule has 0 bridgehead atoms. The lowest BCUT2D eigenvalue weighted by molar-refractivity contribution is -0.384. The third-order valence-electron chi connectivity index (χ3n) is 1.82. The van der Waals surface area contributed by atoms with E-state index in [1.807, 2.05) is 0 Å². The van der Waals surface area contributed by atoms with Crippen LogP contribution in [0.4, 0.5) is 5.69 Å². The van der Waals surface area contributed by atoms with Crippen LogP contribution >= 0.6 is 11.6 Å². The van der Waals surface area contributed by atoms with Crippen LogP contribution in [-0.4, -0.2) is 16.8 Å². The summed E-state index contributed by atoms with van der Waals surface area (Å²) in [6, 6.07) is 5.95. The number of hydrogen-bond donors (Lipinski definition) is 0. The molecule has 0 amide bonds. The Bertz CT molecular complexity index is 394. The van der Waals surface area contributed by atoms with Crippen molar-refractivity contribution >= 4 is 23.3 Å². The van der Waals surface area contributed by atoms with Gasteiger partial charge >= 0.3 is 5.97 Å². The average molecular weight is 244 g/mol. The number of esters is 1. The largest absolute Gasteiger partial charge is 0.461 e. The minimum absolute atomic E-state index is 0.0223. The molecular weight excluding hydrogens is 234 g/mol. The molecule has 0 saturated carbocycles. The van der Waals surface area contributed by atoms with Gasteiger partial charge in [0.25, 0.3) is 5.69 Å². The number of halogens is 1. The van der Waals surface area contributed by atoms with Gasteiger partial charge in [0.15, 0.2) is 0 Å². The lowest BCUT2D eigenvalue weighted by Crippen LogP contribution is -2.05. The molecular formula is C10H10ClNO4. The highest BCUT2D eigenvalue weighted by molar-refractivity contribution is 6.18. The fourth-order valence-corrected chi connectivity index (χ4v) is 1.23. The molecule has 0 spiro atoms. The Balaban J connectivity index is 2.57. The maximum absolute atomic E-state index is 11.0. The van der Waals surface area contributed by atoms with Crippen molar-refractivity contribution in [3.05, 3.63) is 39.9 Å². The molecule has 0 atom stereocenters. The molecule has 0 fully saturated rings. The zero-order valence-corrected chi connectivity index (χ0v) is 9.14. The molecule has 1 aromatic rings. The summed E-state index contributed by atoms with van der Waals surface area (Å²) >= 11 is 5.35. The summed E-state index contributed by atoms with van der Waals surface area (Å²) in [7, 11) is 0. The van der Waals surface area contributed by atoms with Crippen molar-refractivity contribution in [2.75, 3.05) is 5.88 Å². The van der Waals surface area contributed by atoms with Gasteiger partial charge in [-0.05, 0) is 5.56 Å². The first-order chi connectivity index (χ1) is 7.63. The van der Waals surface area contributed by atoms with Crippen molar-refractivity contribution in [2.24, 2.45) is 0 Å². The van der Waals surface area contributed by atoms with Crippen LogP contribution in [0.2, 0.25) is 0 Å². The number of hydrogen-bond acceptors (Lipinski definition) is 4. The van der Waals surface area contributed by atoms with Crippen molar-refractivity contribution in [1.29, 1.82) is 0 Å². The van der Waals surface area contributed by atoms with Gasteiger partial charge < -0.3 is 4.74 Å². The van der Waals surface area contributed by atoms with E-state index in [9.17, 15) is 14.9 Å². The van der Waals surface area contributed by atoms with E-state index < -0.39 is 10.9 Å². The highest BCUT2D eigenvalue weighted by atomic mass is 35.5. The average Bonchev–Trinajstić information content (AvgIpc) is 2.27. The highest BCUT2D eigenvalue weighted by Gasteiger charge is 2.07. The molecule has 1 rings (SSSR count). The zero-order chi connectivity index (χ0) is 12.0. The maximum atomic E-state index is 11.0. The Hall–Kier alpha value is -1.62. The smallest absolute Gasteiger partial charge is 0.307 e. The molecule has 0 aliphatic carbocycles. The predicted molar refractivity (Wildman–Crippen MR) is 58.2 cm³/mol. The monoisotopic (exact) mass is 243 g/mol. The Morgan fingerprint density at radius 2 is 2.25 bits per heavy atom. The molecule has 0 saturated heterocycles. The SMILES string of the molecule is O=C(CCCl)OCc1cccc([N+](=O)[O-])c1. The molecule has 0 aliphatic rings. The summed E-state index contributed by atoms with van der Waals surface area (Å²) in [5, 5.41) is 10.5. The Morgan fingerprint density at radius 1 is 1.50 bits per heavy atom. The molecule has 0 heterocycles. The van der Waals surface area contributed by atoms with Crippen LogP contribution in [-0.2, 0) is 16.1 Å².